The summed E-state index contributed by atoms with van der Waals surface area (Å²) >= 11 is 0. The third-order valence-corrected chi connectivity index (χ3v) is 4.31. The van der Waals surface area contributed by atoms with Crippen LogP contribution in [-0.4, -0.2) is 67.7 Å². The van der Waals surface area contributed by atoms with Crippen LogP contribution in [0.5, 0.6) is 0 Å². The Morgan fingerprint density at radius 1 is 1.26 bits per heavy atom. The zero-order valence-corrected chi connectivity index (χ0v) is 12.0. The van der Waals surface area contributed by atoms with Crippen molar-refractivity contribution >= 4 is 5.91 Å². The largest absolute Gasteiger partial charge is 0.378 e. The molecule has 5 nitrogen and oxygen atoms in total. The van der Waals surface area contributed by atoms with E-state index < -0.39 is 0 Å². The topological polar surface area (TPSA) is 58.8 Å². The van der Waals surface area contributed by atoms with Gasteiger partial charge < -0.3 is 15.4 Å². The Balaban J connectivity index is 1.72. The molecule has 0 spiro atoms. The Labute approximate surface area is 116 Å². The van der Waals surface area contributed by atoms with Crippen molar-refractivity contribution in [3.8, 4) is 0 Å². The molecule has 0 aromatic heterocycles. The Hall–Kier alpha value is -0.650. The highest BCUT2D eigenvalue weighted by atomic mass is 16.5. The maximum absolute atomic E-state index is 12.4. The van der Waals surface area contributed by atoms with E-state index >= 15 is 0 Å². The molecule has 2 aliphatic rings. The van der Waals surface area contributed by atoms with Gasteiger partial charge in [-0.1, -0.05) is 0 Å². The van der Waals surface area contributed by atoms with Gasteiger partial charge in [0.2, 0.25) is 5.91 Å². The van der Waals surface area contributed by atoms with Crippen molar-refractivity contribution in [3.05, 3.63) is 0 Å². The molecule has 2 saturated heterocycles. The lowest BCUT2D eigenvalue weighted by molar-refractivity contribution is -0.138. The highest BCUT2D eigenvalue weighted by molar-refractivity contribution is 5.79. The fourth-order valence-electron chi connectivity index (χ4n) is 2.96. The molecule has 2 fully saturated rings. The maximum atomic E-state index is 12.4. The molecule has 110 valence electrons. The predicted octanol–water partition coefficient (Wildman–Crippen LogP) is 0.295. The summed E-state index contributed by atoms with van der Waals surface area (Å²) in [5.41, 5.74) is 5.51. The van der Waals surface area contributed by atoms with Gasteiger partial charge in [-0.3, -0.25) is 9.69 Å². The molecular weight excluding hydrogens is 242 g/mol. The van der Waals surface area contributed by atoms with E-state index in [1.54, 1.807) is 0 Å². The van der Waals surface area contributed by atoms with Gasteiger partial charge in [0.25, 0.3) is 0 Å². The zero-order valence-electron chi connectivity index (χ0n) is 12.0. The number of rotatable bonds is 5. The number of unbranched alkanes of at least 4 members (excludes halogenated alkanes) is 1. The molecule has 2 heterocycles. The first-order valence-electron chi connectivity index (χ1n) is 7.55. The van der Waals surface area contributed by atoms with Gasteiger partial charge >= 0.3 is 0 Å². The van der Waals surface area contributed by atoms with E-state index in [2.05, 4.69) is 4.90 Å². The molecule has 2 unspecified atom stereocenters. The second-order valence-electron chi connectivity index (χ2n) is 5.63. The first-order chi connectivity index (χ1) is 9.22. The minimum atomic E-state index is 0.0868. The summed E-state index contributed by atoms with van der Waals surface area (Å²) < 4.78 is 5.49. The summed E-state index contributed by atoms with van der Waals surface area (Å²) in [5, 5.41) is 0. The smallest absolute Gasteiger partial charge is 0.228 e. The van der Waals surface area contributed by atoms with E-state index in [4.69, 9.17) is 10.5 Å². The summed E-state index contributed by atoms with van der Waals surface area (Å²) in [7, 11) is 0. The number of nitrogens with two attached hydrogens (primary N) is 1. The molecule has 0 bridgehead atoms. The quantitative estimate of drug-likeness (QED) is 0.729. The zero-order chi connectivity index (χ0) is 13.7. The highest BCUT2D eigenvalue weighted by Gasteiger charge is 2.34. The monoisotopic (exact) mass is 269 g/mol. The molecular formula is C14H27N3O2. The van der Waals surface area contributed by atoms with Crippen molar-refractivity contribution in [2.75, 3.05) is 45.9 Å². The molecule has 19 heavy (non-hydrogen) atoms. The fraction of sp³-hybridized carbons (Fsp3) is 0.929. The summed E-state index contributed by atoms with van der Waals surface area (Å²) in [6.07, 6.45) is 3.24. The minimum absolute atomic E-state index is 0.0868. The van der Waals surface area contributed by atoms with E-state index in [1.807, 2.05) is 11.8 Å². The number of ether oxygens (including phenoxy) is 1. The second-order valence-corrected chi connectivity index (χ2v) is 5.63. The van der Waals surface area contributed by atoms with Gasteiger partial charge in [0.05, 0.1) is 12.0 Å². The number of hydrogen-bond donors (Lipinski definition) is 1. The van der Waals surface area contributed by atoms with Crippen molar-refractivity contribution in [2.24, 2.45) is 11.7 Å². The van der Waals surface area contributed by atoms with E-state index in [0.29, 0.717) is 5.91 Å². The number of carbonyl (C=O) groups excluding carboxylic acids is 1. The SMILES string of the molecule is CC1OCCC1C(=O)N1CCN(CCCCN)CC1. The fourth-order valence-corrected chi connectivity index (χ4v) is 2.96. The van der Waals surface area contributed by atoms with Gasteiger partial charge in [-0.2, -0.15) is 0 Å². The predicted molar refractivity (Wildman–Crippen MR) is 74.8 cm³/mol. The number of piperazine rings is 1. The Morgan fingerprint density at radius 2 is 2.00 bits per heavy atom. The van der Waals surface area contributed by atoms with Gasteiger partial charge in [0, 0.05) is 32.8 Å². The third-order valence-electron chi connectivity index (χ3n) is 4.31. The molecule has 2 rings (SSSR count). The van der Waals surface area contributed by atoms with Gasteiger partial charge in [0.15, 0.2) is 0 Å². The first kappa shape index (κ1) is 14.8. The van der Waals surface area contributed by atoms with Crippen molar-refractivity contribution < 1.29 is 9.53 Å². The first-order valence-corrected chi connectivity index (χ1v) is 7.55. The molecule has 0 radical (unpaired) electrons. The lowest BCUT2D eigenvalue weighted by Crippen LogP contribution is -2.51. The maximum Gasteiger partial charge on any atom is 0.228 e. The summed E-state index contributed by atoms with van der Waals surface area (Å²) in [4.78, 5) is 16.9. The van der Waals surface area contributed by atoms with Crippen LogP contribution in [0, 0.1) is 5.92 Å². The van der Waals surface area contributed by atoms with Crippen LogP contribution in [-0.2, 0) is 9.53 Å². The molecule has 0 aromatic rings. The molecule has 0 saturated carbocycles. The standard InChI is InChI=1S/C14H27N3O2/c1-12-13(4-11-19-12)14(18)17-9-7-16(8-10-17)6-3-2-5-15/h12-13H,2-11,15H2,1H3. The van der Waals surface area contributed by atoms with Crippen molar-refractivity contribution in [1.29, 1.82) is 0 Å². The minimum Gasteiger partial charge on any atom is -0.378 e. The van der Waals surface area contributed by atoms with Gasteiger partial charge in [-0.25, -0.2) is 0 Å². The number of amides is 1. The van der Waals surface area contributed by atoms with Crippen molar-refractivity contribution in [3.63, 3.8) is 0 Å². The third kappa shape index (κ3) is 3.91. The van der Waals surface area contributed by atoms with E-state index in [9.17, 15) is 4.79 Å². The van der Waals surface area contributed by atoms with Crippen LogP contribution in [0.4, 0.5) is 0 Å². The van der Waals surface area contributed by atoms with Crippen LogP contribution >= 0.6 is 0 Å². The second kappa shape index (κ2) is 7.22. The molecule has 1 amide bonds. The Kier molecular flexibility index (Phi) is 5.60. The average Bonchev–Trinajstić information content (AvgIpc) is 2.85. The Morgan fingerprint density at radius 3 is 2.58 bits per heavy atom. The molecule has 0 aromatic carbocycles. The van der Waals surface area contributed by atoms with Gasteiger partial charge in [0.1, 0.15) is 0 Å². The molecule has 2 N–H and O–H groups in total. The van der Waals surface area contributed by atoms with Crippen LogP contribution in [0.2, 0.25) is 0 Å². The van der Waals surface area contributed by atoms with E-state index in [1.165, 1.54) is 0 Å². The van der Waals surface area contributed by atoms with Crippen LogP contribution in [0.15, 0.2) is 0 Å². The summed E-state index contributed by atoms with van der Waals surface area (Å²) in [6.45, 7) is 8.36. The number of hydrogen-bond acceptors (Lipinski definition) is 4. The molecule has 2 atom stereocenters. The van der Waals surface area contributed by atoms with Gasteiger partial charge in [-0.05, 0) is 39.3 Å². The van der Waals surface area contributed by atoms with E-state index in [-0.39, 0.29) is 12.0 Å². The summed E-state index contributed by atoms with van der Waals surface area (Å²) in [6, 6.07) is 0. The molecule has 0 aliphatic carbocycles. The summed E-state index contributed by atoms with van der Waals surface area (Å²) in [5.74, 6) is 0.385. The van der Waals surface area contributed by atoms with Crippen LogP contribution in [0.25, 0.3) is 0 Å². The van der Waals surface area contributed by atoms with Crippen LogP contribution in [0.3, 0.4) is 0 Å². The lowest BCUT2D eigenvalue weighted by Gasteiger charge is -2.36. The Bertz CT molecular complexity index is 290. The van der Waals surface area contributed by atoms with E-state index in [0.717, 1.165) is 65.1 Å². The van der Waals surface area contributed by atoms with Crippen LogP contribution in [0.1, 0.15) is 26.2 Å². The highest BCUT2D eigenvalue weighted by Crippen LogP contribution is 2.23. The molecule has 2 aliphatic heterocycles. The number of carbonyl (C=O) groups is 1. The normalized spacial score (nSPS) is 28.8. The van der Waals surface area contributed by atoms with Crippen LogP contribution < -0.4 is 5.73 Å². The van der Waals surface area contributed by atoms with Gasteiger partial charge in [-0.15, -0.1) is 0 Å². The van der Waals surface area contributed by atoms with Crippen molar-refractivity contribution in [2.45, 2.75) is 32.3 Å². The lowest BCUT2D eigenvalue weighted by atomic mass is 10.0. The number of nitrogens with zero attached hydrogens (tertiary/aromatic N) is 2. The van der Waals surface area contributed by atoms with Crippen molar-refractivity contribution in [1.82, 2.24) is 9.80 Å². The average molecular weight is 269 g/mol. The molecule has 5 heteroatoms.